The Hall–Kier alpha value is -2.74. The van der Waals surface area contributed by atoms with Crippen molar-refractivity contribution in [2.75, 3.05) is 0 Å². The molecule has 2 aliphatic rings. The summed E-state index contributed by atoms with van der Waals surface area (Å²) < 4.78 is 0. The Balaban J connectivity index is 1.86. The first-order valence-corrected chi connectivity index (χ1v) is 8.84. The van der Waals surface area contributed by atoms with E-state index in [-0.39, 0.29) is 17.5 Å². The number of fused-ring (bicyclic) bond motifs is 3. The summed E-state index contributed by atoms with van der Waals surface area (Å²) in [6.45, 7) is 0. The molecule has 1 atom stereocenters. The maximum Gasteiger partial charge on any atom is 0.148 e. The van der Waals surface area contributed by atoms with Crippen molar-refractivity contribution in [3.05, 3.63) is 83.4 Å². The van der Waals surface area contributed by atoms with Crippen LogP contribution >= 0.6 is 0 Å². The Bertz CT molecular complexity index is 1000. The summed E-state index contributed by atoms with van der Waals surface area (Å²) in [5, 5.41) is 2.33. The van der Waals surface area contributed by atoms with Crippen LogP contribution in [-0.4, -0.2) is 11.6 Å². The Morgan fingerprint density at radius 3 is 2.20 bits per heavy atom. The van der Waals surface area contributed by atoms with Gasteiger partial charge in [0.1, 0.15) is 17.0 Å². The van der Waals surface area contributed by atoms with Crippen LogP contribution in [0.15, 0.2) is 66.7 Å². The molecule has 2 heteroatoms. The van der Waals surface area contributed by atoms with Gasteiger partial charge in [0.05, 0.1) is 0 Å². The van der Waals surface area contributed by atoms with Gasteiger partial charge in [0, 0.05) is 18.8 Å². The number of rotatable bonds is 1. The predicted octanol–water partition coefficient (Wildman–Crippen LogP) is 4.45. The lowest BCUT2D eigenvalue weighted by Crippen LogP contribution is -2.37. The molecule has 0 radical (unpaired) electrons. The zero-order valence-corrected chi connectivity index (χ0v) is 13.9. The number of ketones is 2. The van der Waals surface area contributed by atoms with Crippen molar-refractivity contribution in [2.24, 2.45) is 5.41 Å². The van der Waals surface area contributed by atoms with Crippen molar-refractivity contribution in [3.8, 4) is 0 Å². The lowest BCUT2D eigenvalue weighted by molar-refractivity contribution is -0.135. The largest absolute Gasteiger partial charge is 0.299 e. The molecule has 1 spiro atoms. The maximum absolute atomic E-state index is 13.0. The van der Waals surface area contributed by atoms with Gasteiger partial charge in [-0.3, -0.25) is 9.59 Å². The Kier molecular flexibility index (Phi) is 2.99. The molecule has 0 N–H and O–H groups in total. The summed E-state index contributed by atoms with van der Waals surface area (Å²) in [6, 6.07) is 22.6. The van der Waals surface area contributed by atoms with Crippen LogP contribution in [0.5, 0.6) is 0 Å². The summed E-state index contributed by atoms with van der Waals surface area (Å²) in [6.07, 6.45) is 1.31. The van der Waals surface area contributed by atoms with Crippen molar-refractivity contribution in [1.82, 2.24) is 0 Å². The van der Waals surface area contributed by atoms with Gasteiger partial charge in [0.25, 0.3) is 0 Å². The minimum atomic E-state index is -0.895. The number of carbonyl (C=O) groups excluding carboxylic acids is 2. The fourth-order valence-electron chi connectivity index (χ4n) is 4.93. The first-order valence-electron chi connectivity index (χ1n) is 8.84. The minimum Gasteiger partial charge on any atom is -0.299 e. The van der Waals surface area contributed by atoms with Crippen LogP contribution in [0.1, 0.15) is 35.4 Å². The smallest absolute Gasteiger partial charge is 0.148 e. The third-order valence-electron chi connectivity index (χ3n) is 6.02. The summed E-state index contributed by atoms with van der Waals surface area (Å²) in [4.78, 5) is 26.0. The van der Waals surface area contributed by atoms with E-state index in [1.54, 1.807) is 0 Å². The van der Waals surface area contributed by atoms with E-state index in [0.29, 0.717) is 19.3 Å². The fourth-order valence-corrected chi connectivity index (χ4v) is 4.93. The standard InChI is InChI=1S/C23H18O2/c24-19-12-13-20(25)23(19)14-17-11-10-15-6-4-5-9-18(15)21(17)22(23)16-7-2-1-3-8-16/h1-11,22H,12-14H2. The molecule has 0 saturated heterocycles. The van der Waals surface area contributed by atoms with Gasteiger partial charge >= 0.3 is 0 Å². The third kappa shape index (κ3) is 1.85. The molecule has 5 rings (SSSR count). The van der Waals surface area contributed by atoms with Gasteiger partial charge in [-0.25, -0.2) is 0 Å². The first kappa shape index (κ1) is 14.6. The molecule has 0 aliphatic heterocycles. The zero-order valence-electron chi connectivity index (χ0n) is 13.9. The van der Waals surface area contributed by atoms with E-state index in [0.717, 1.165) is 16.5 Å². The molecule has 0 bridgehead atoms. The van der Waals surface area contributed by atoms with E-state index in [4.69, 9.17) is 0 Å². The fraction of sp³-hybridized carbons (Fsp3) is 0.217. The highest BCUT2D eigenvalue weighted by Crippen LogP contribution is 2.57. The highest BCUT2D eigenvalue weighted by atomic mass is 16.2. The van der Waals surface area contributed by atoms with Crippen LogP contribution in [0.4, 0.5) is 0 Å². The molecule has 2 aliphatic carbocycles. The monoisotopic (exact) mass is 326 g/mol. The van der Waals surface area contributed by atoms with Crippen LogP contribution < -0.4 is 0 Å². The lowest BCUT2D eigenvalue weighted by Gasteiger charge is -2.29. The quantitative estimate of drug-likeness (QED) is 0.619. The summed E-state index contributed by atoms with van der Waals surface area (Å²) >= 11 is 0. The van der Waals surface area contributed by atoms with E-state index in [9.17, 15) is 9.59 Å². The van der Waals surface area contributed by atoms with E-state index in [2.05, 4.69) is 36.4 Å². The van der Waals surface area contributed by atoms with E-state index in [1.807, 2.05) is 30.3 Å². The minimum absolute atomic E-state index is 0.117. The van der Waals surface area contributed by atoms with Gasteiger partial charge in [0.2, 0.25) is 0 Å². The molecule has 2 nitrogen and oxygen atoms in total. The highest BCUT2D eigenvalue weighted by Gasteiger charge is 2.59. The molecule has 0 heterocycles. The van der Waals surface area contributed by atoms with Crippen molar-refractivity contribution in [3.63, 3.8) is 0 Å². The van der Waals surface area contributed by atoms with Crippen molar-refractivity contribution < 1.29 is 9.59 Å². The van der Waals surface area contributed by atoms with Crippen molar-refractivity contribution in [1.29, 1.82) is 0 Å². The lowest BCUT2D eigenvalue weighted by atomic mass is 9.69. The van der Waals surface area contributed by atoms with E-state index < -0.39 is 5.41 Å². The topological polar surface area (TPSA) is 34.1 Å². The number of hydrogen-bond acceptors (Lipinski definition) is 2. The molecule has 0 amide bonds. The Morgan fingerprint density at radius 2 is 1.44 bits per heavy atom. The van der Waals surface area contributed by atoms with Gasteiger partial charge < -0.3 is 0 Å². The molecule has 0 aromatic heterocycles. The maximum atomic E-state index is 13.0. The zero-order chi connectivity index (χ0) is 17.0. The molecule has 1 fully saturated rings. The summed E-state index contributed by atoms with van der Waals surface area (Å²) in [5.74, 6) is 0.0653. The number of benzene rings is 3. The van der Waals surface area contributed by atoms with Crippen LogP contribution in [0.2, 0.25) is 0 Å². The Labute approximate surface area is 146 Å². The molecular weight excluding hydrogens is 308 g/mol. The van der Waals surface area contributed by atoms with Gasteiger partial charge in [-0.05, 0) is 33.9 Å². The molecule has 1 unspecified atom stereocenters. The second-order valence-corrected chi connectivity index (χ2v) is 7.20. The van der Waals surface area contributed by atoms with Crippen molar-refractivity contribution >= 4 is 22.3 Å². The van der Waals surface area contributed by atoms with E-state index >= 15 is 0 Å². The predicted molar refractivity (Wildman–Crippen MR) is 97.6 cm³/mol. The first-order chi connectivity index (χ1) is 12.2. The average molecular weight is 326 g/mol. The Morgan fingerprint density at radius 1 is 0.760 bits per heavy atom. The highest BCUT2D eigenvalue weighted by molar-refractivity contribution is 6.15. The van der Waals surface area contributed by atoms with Gasteiger partial charge in [-0.2, -0.15) is 0 Å². The molecule has 122 valence electrons. The third-order valence-corrected chi connectivity index (χ3v) is 6.02. The molecule has 3 aromatic carbocycles. The van der Waals surface area contributed by atoms with Crippen molar-refractivity contribution in [2.45, 2.75) is 25.2 Å². The van der Waals surface area contributed by atoms with Gasteiger partial charge in [0.15, 0.2) is 0 Å². The summed E-state index contributed by atoms with van der Waals surface area (Å²) in [7, 11) is 0. The van der Waals surface area contributed by atoms with Gasteiger partial charge in [-0.15, -0.1) is 0 Å². The number of hydrogen-bond donors (Lipinski definition) is 0. The van der Waals surface area contributed by atoms with Crippen LogP contribution in [0.3, 0.4) is 0 Å². The average Bonchev–Trinajstić information content (AvgIpc) is 3.16. The van der Waals surface area contributed by atoms with Crippen LogP contribution in [0, 0.1) is 5.41 Å². The summed E-state index contributed by atoms with van der Waals surface area (Å²) in [5.41, 5.74) is 2.50. The second kappa shape index (κ2) is 5.13. The second-order valence-electron chi connectivity index (χ2n) is 7.20. The van der Waals surface area contributed by atoms with Crippen LogP contribution in [-0.2, 0) is 16.0 Å². The van der Waals surface area contributed by atoms with Gasteiger partial charge in [-0.1, -0.05) is 66.7 Å². The SMILES string of the molecule is O=C1CCC(=O)C12Cc1ccc3ccccc3c1C2c1ccccc1. The van der Waals surface area contributed by atoms with E-state index in [1.165, 1.54) is 10.9 Å². The molecular formula is C23H18O2. The number of Topliss-reactive ketones (excluding diaryl/α,β-unsaturated/α-hetero) is 2. The normalized spacial score (nSPS) is 21.2. The van der Waals surface area contributed by atoms with Crippen LogP contribution in [0.25, 0.3) is 10.8 Å². The number of carbonyl (C=O) groups is 2. The molecule has 3 aromatic rings. The molecule has 25 heavy (non-hydrogen) atoms. The molecule has 1 saturated carbocycles.